The molecule has 5 rings (SSSR count). The Morgan fingerprint density at radius 1 is 0.657 bits per heavy atom. The van der Waals surface area contributed by atoms with Gasteiger partial charge in [0.1, 0.15) is 0 Å². The van der Waals surface area contributed by atoms with Crippen LogP contribution >= 0.6 is 0 Å². The van der Waals surface area contributed by atoms with Gasteiger partial charge in [0.05, 0.1) is 0 Å². The van der Waals surface area contributed by atoms with Crippen molar-refractivity contribution in [1.29, 1.82) is 0 Å². The zero-order chi connectivity index (χ0) is 24.0. The molecule has 0 aromatic heterocycles. The molecule has 0 saturated heterocycles. The van der Waals surface area contributed by atoms with Gasteiger partial charge in [0.15, 0.2) is 0 Å². The first-order valence-corrected chi connectivity index (χ1v) is 11.5. The number of nitrogens with one attached hydrogen (secondary N) is 1. The topological polar surface area (TPSA) is 49.4 Å². The third-order valence-corrected chi connectivity index (χ3v) is 5.91. The van der Waals surface area contributed by atoms with Crippen LogP contribution in [0.1, 0.15) is 15.9 Å². The van der Waals surface area contributed by atoms with Gasteiger partial charge in [-0.2, -0.15) is 0 Å². The fraction of sp³-hybridized carbons (Fsp3) is 0.0323. The van der Waals surface area contributed by atoms with Crippen molar-refractivity contribution in [2.75, 3.05) is 4.90 Å². The van der Waals surface area contributed by atoms with Gasteiger partial charge in [0.2, 0.25) is 5.91 Å². The highest BCUT2D eigenvalue weighted by atomic mass is 16.2. The van der Waals surface area contributed by atoms with E-state index >= 15 is 0 Å². The van der Waals surface area contributed by atoms with E-state index < -0.39 is 0 Å². The summed E-state index contributed by atoms with van der Waals surface area (Å²) in [5, 5.41) is 7.03. The first-order valence-electron chi connectivity index (χ1n) is 11.5. The van der Waals surface area contributed by atoms with Crippen LogP contribution in [0.2, 0.25) is 0 Å². The standard InChI is InChI=1S/C31H24N2O2/c34-30(32-22-23-8-2-1-3-9-23)18-19-33(29-17-16-25-11-5-7-13-27(25)21-29)31(35)28-15-14-24-10-4-6-12-26(24)20-28/h1-21H,22H2,(H,32,34). The van der Waals surface area contributed by atoms with Gasteiger partial charge < -0.3 is 5.32 Å². The molecule has 5 aromatic rings. The molecule has 0 fully saturated rings. The van der Waals surface area contributed by atoms with E-state index in [1.165, 1.54) is 11.0 Å². The third-order valence-electron chi connectivity index (χ3n) is 5.91. The highest BCUT2D eigenvalue weighted by molar-refractivity contribution is 6.10. The molecule has 4 heteroatoms. The molecule has 0 unspecified atom stereocenters. The van der Waals surface area contributed by atoms with E-state index in [2.05, 4.69) is 5.32 Å². The molecule has 0 aliphatic carbocycles. The molecule has 0 aliphatic heterocycles. The monoisotopic (exact) mass is 456 g/mol. The van der Waals surface area contributed by atoms with E-state index in [0.717, 1.165) is 27.1 Å². The van der Waals surface area contributed by atoms with Gasteiger partial charge in [-0.05, 0) is 51.4 Å². The van der Waals surface area contributed by atoms with Crippen molar-refractivity contribution in [1.82, 2.24) is 5.32 Å². The quantitative estimate of drug-likeness (QED) is 0.298. The Morgan fingerprint density at radius 3 is 1.97 bits per heavy atom. The summed E-state index contributed by atoms with van der Waals surface area (Å²) in [5.74, 6) is -0.482. The highest BCUT2D eigenvalue weighted by Gasteiger charge is 2.17. The molecule has 0 bridgehead atoms. The number of anilines is 1. The van der Waals surface area contributed by atoms with Crippen molar-refractivity contribution in [3.8, 4) is 0 Å². The van der Waals surface area contributed by atoms with Gasteiger partial charge in [0.25, 0.3) is 5.91 Å². The molecule has 170 valence electrons. The molecular formula is C31H24N2O2. The lowest BCUT2D eigenvalue weighted by molar-refractivity contribution is -0.116. The fourth-order valence-corrected chi connectivity index (χ4v) is 4.05. The van der Waals surface area contributed by atoms with Crippen LogP contribution < -0.4 is 10.2 Å². The average molecular weight is 457 g/mol. The molecule has 2 amide bonds. The van der Waals surface area contributed by atoms with Crippen LogP contribution in [0.3, 0.4) is 0 Å². The summed E-state index contributed by atoms with van der Waals surface area (Å²) in [6.07, 6.45) is 2.94. The first-order chi connectivity index (χ1) is 17.2. The number of hydrogen-bond donors (Lipinski definition) is 1. The van der Waals surface area contributed by atoms with Crippen LogP contribution in [0.25, 0.3) is 21.5 Å². The normalized spacial score (nSPS) is 11.1. The summed E-state index contributed by atoms with van der Waals surface area (Å²) in [5.41, 5.74) is 2.24. The van der Waals surface area contributed by atoms with Gasteiger partial charge in [-0.25, -0.2) is 0 Å². The van der Waals surface area contributed by atoms with Crippen LogP contribution in [0.5, 0.6) is 0 Å². The smallest absolute Gasteiger partial charge is 0.262 e. The maximum atomic E-state index is 13.7. The maximum Gasteiger partial charge on any atom is 0.262 e. The van der Waals surface area contributed by atoms with Crippen LogP contribution in [0.15, 0.2) is 128 Å². The summed E-state index contributed by atoms with van der Waals surface area (Å²) in [6.45, 7) is 0.415. The van der Waals surface area contributed by atoms with Crippen LogP contribution in [0, 0.1) is 0 Å². The van der Waals surface area contributed by atoms with Crippen LogP contribution in [-0.2, 0) is 11.3 Å². The summed E-state index contributed by atoms with van der Waals surface area (Å²) in [4.78, 5) is 27.7. The molecule has 0 atom stereocenters. The lowest BCUT2D eigenvalue weighted by Crippen LogP contribution is -2.27. The van der Waals surface area contributed by atoms with Crippen molar-refractivity contribution in [3.63, 3.8) is 0 Å². The Kier molecular flexibility index (Phi) is 6.35. The molecule has 1 N–H and O–H groups in total. The Balaban J connectivity index is 1.45. The van der Waals surface area contributed by atoms with Crippen molar-refractivity contribution in [2.45, 2.75) is 6.54 Å². The van der Waals surface area contributed by atoms with Gasteiger partial charge in [-0.15, -0.1) is 0 Å². The van der Waals surface area contributed by atoms with E-state index in [1.807, 2.05) is 115 Å². The predicted molar refractivity (Wildman–Crippen MR) is 142 cm³/mol. The van der Waals surface area contributed by atoms with E-state index in [0.29, 0.717) is 17.8 Å². The zero-order valence-corrected chi connectivity index (χ0v) is 19.1. The number of nitrogens with zero attached hydrogens (tertiary/aromatic N) is 1. The molecule has 5 aromatic carbocycles. The van der Waals surface area contributed by atoms with Crippen LogP contribution in [0.4, 0.5) is 5.69 Å². The Morgan fingerprint density at radius 2 is 1.26 bits per heavy atom. The zero-order valence-electron chi connectivity index (χ0n) is 19.1. The molecule has 0 saturated carbocycles. The third kappa shape index (κ3) is 5.12. The lowest BCUT2D eigenvalue weighted by Gasteiger charge is -2.20. The van der Waals surface area contributed by atoms with E-state index in [1.54, 1.807) is 6.20 Å². The second-order valence-electron chi connectivity index (χ2n) is 8.29. The number of carbonyl (C=O) groups excluding carboxylic acids is 2. The number of fused-ring (bicyclic) bond motifs is 2. The minimum Gasteiger partial charge on any atom is -0.348 e. The lowest BCUT2D eigenvalue weighted by atomic mass is 10.1. The summed E-state index contributed by atoms with van der Waals surface area (Å²) >= 11 is 0. The minimum absolute atomic E-state index is 0.210. The van der Waals surface area contributed by atoms with Gasteiger partial charge in [-0.3, -0.25) is 14.5 Å². The summed E-state index contributed by atoms with van der Waals surface area (Å²) in [7, 11) is 0. The highest BCUT2D eigenvalue weighted by Crippen LogP contribution is 2.25. The van der Waals surface area contributed by atoms with Gasteiger partial charge >= 0.3 is 0 Å². The Labute approximate surface area is 204 Å². The second-order valence-corrected chi connectivity index (χ2v) is 8.29. The number of carbonyl (C=O) groups is 2. The fourth-order valence-electron chi connectivity index (χ4n) is 4.05. The molecule has 0 aliphatic rings. The maximum absolute atomic E-state index is 13.7. The SMILES string of the molecule is O=C(C=CN(C(=O)c1ccc2ccccc2c1)c1ccc2ccccc2c1)NCc1ccccc1. The van der Waals surface area contributed by atoms with E-state index in [4.69, 9.17) is 0 Å². The largest absolute Gasteiger partial charge is 0.348 e. The van der Waals surface area contributed by atoms with Gasteiger partial charge in [-0.1, -0.05) is 91.0 Å². The van der Waals surface area contributed by atoms with E-state index in [-0.39, 0.29) is 11.8 Å². The molecular weight excluding hydrogens is 432 g/mol. The summed E-state index contributed by atoms with van der Waals surface area (Å²) < 4.78 is 0. The van der Waals surface area contributed by atoms with Crippen molar-refractivity contribution in [2.24, 2.45) is 0 Å². The Hall–Kier alpha value is -4.70. The predicted octanol–water partition coefficient (Wildman–Crippen LogP) is 6.47. The first kappa shape index (κ1) is 22.1. The second kappa shape index (κ2) is 10.1. The average Bonchev–Trinajstić information content (AvgIpc) is 2.92. The molecule has 0 spiro atoms. The van der Waals surface area contributed by atoms with Crippen molar-refractivity contribution < 1.29 is 9.59 Å². The number of benzene rings is 5. The Bertz CT molecular complexity index is 1540. The number of rotatable bonds is 6. The van der Waals surface area contributed by atoms with E-state index in [9.17, 15) is 9.59 Å². The molecule has 0 heterocycles. The number of hydrogen-bond acceptors (Lipinski definition) is 2. The number of amides is 2. The van der Waals surface area contributed by atoms with Crippen molar-refractivity contribution in [3.05, 3.63) is 139 Å². The molecule has 35 heavy (non-hydrogen) atoms. The van der Waals surface area contributed by atoms with Crippen LogP contribution in [-0.4, -0.2) is 11.8 Å². The summed E-state index contributed by atoms with van der Waals surface area (Å²) in [6, 6.07) is 37.1. The molecule has 4 nitrogen and oxygen atoms in total. The molecule has 0 radical (unpaired) electrons. The van der Waals surface area contributed by atoms with Crippen molar-refractivity contribution >= 4 is 39.0 Å². The van der Waals surface area contributed by atoms with Gasteiger partial charge in [0, 0.05) is 30.1 Å². The minimum atomic E-state index is -0.272.